The summed E-state index contributed by atoms with van der Waals surface area (Å²) in [6.45, 7) is 3.71. The van der Waals surface area contributed by atoms with Crippen LogP contribution in [0.1, 0.15) is 64.5 Å². The van der Waals surface area contributed by atoms with E-state index in [0.717, 1.165) is 22.3 Å². The van der Waals surface area contributed by atoms with E-state index in [1.807, 2.05) is 115 Å². The number of carboxylic acids is 1. The van der Waals surface area contributed by atoms with Crippen molar-refractivity contribution >= 4 is 53.0 Å². The van der Waals surface area contributed by atoms with Gasteiger partial charge in [-0.1, -0.05) is 181 Å². The number of hydrogen-bond donors (Lipinski definition) is 6. The molecule has 8 rings (SSSR count). The monoisotopic (exact) mass is 1150 g/mol. The molecule has 2 heterocycles. The number of aliphatic carboxylic acids is 1. The molecule has 6 aromatic rings. The van der Waals surface area contributed by atoms with Gasteiger partial charge >= 0.3 is 11.9 Å². The van der Waals surface area contributed by atoms with Gasteiger partial charge in [-0.3, -0.25) is 9.59 Å². The Bertz CT molecular complexity index is 3240. The fourth-order valence-electron chi connectivity index (χ4n) is 10.00. The number of rotatable bonds is 25. The minimum Gasteiger partial charge on any atom is -0.478 e. The minimum absolute atomic E-state index is 0.0787. The molecular formula is C66H69Cl2N5O9. The van der Waals surface area contributed by atoms with Gasteiger partial charge in [-0.25, -0.2) is 9.59 Å². The lowest BCUT2D eigenvalue weighted by Crippen LogP contribution is -2.40. The summed E-state index contributed by atoms with van der Waals surface area (Å²) in [6.07, 6.45) is 5.15. The van der Waals surface area contributed by atoms with Crippen LogP contribution in [0.4, 0.5) is 0 Å². The van der Waals surface area contributed by atoms with E-state index >= 15 is 0 Å². The smallest absolute Gasteiger partial charge is 0.336 e. The van der Waals surface area contributed by atoms with Crippen molar-refractivity contribution in [3.8, 4) is 0 Å². The molecule has 16 heteroatoms. The van der Waals surface area contributed by atoms with E-state index in [1.165, 1.54) is 14.2 Å². The third kappa shape index (κ3) is 17.0. The van der Waals surface area contributed by atoms with E-state index in [0.29, 0.717) is 94.3 Å². The number of ether oxygens (including phenoxy) is 4. The molecule has 0 saturated carbocycles. The third-order valence-corrected chi connectivity index (χ3v) is 14.2. The number of dihydropyridines is 2. The number of nitrogens with two attached hydrogens (primary N) is 1. The molecule has 82 heavy (non-hydrogen) atoms. The maximum absolute atomic E-state index is 14.2. The number of carbonyl (C=O) groups is 4. The molecule has 0 saturated heterocycles. The van der Waals surface area contributed by atoms with Crippen LogP contribution in [0.5, 0.6) is 0 Å². The number of carboxylic acid groups (broad SMARTS) is 1. The average Bonchev–Trinajstić information content (AvgIpc) is 3.69. The fourth-order valence-corrected chi connectivity index (χ4v) is 10.4. The molecule has 2 atom stereocenters. The number of allylic oxidation sites excluding steroid dienone is 1. The molecule has 0 bridgehead atoms. The lowest BCUT2D eigenvalue weighted by Gasteiger charge is -2.33. The van der Waals surface area contributed by atoms with Gasteiger partial charge in [-0.15, -0.1) is 0 Å². The van der Waals surface area contributed by atoms with Gasteiger partial charge in [0.1, 0.15) is 0 Å². The van der Waals surface area contributed by atoms with E-state index in [1.54, 1.807) is 49.4 Å². The highest BCUT2D eigenvalue weighted by atomic mass is 35.5. The van der Waals surface area contributed by atoms with Gasteiger partial charge < -0.3 is 51.1 Å². The van der Waals surface area contributed by atoms with Gasteiger partial charge in [0.15, 0.2) is 0 Å². The van der Waals surface area contributed by atoms with Gasteiger partial charge in [0.25, 0.3) is 0 Å². The van der Waals surface area contributed by atoms with E-state index in [9.17, 15) is 24.3 Å². The molecule has 2 aliphatic rings. The highest BCUT2D eigenvalue weighted by Crippen LogP contribution is 2.41. The van der Waals surface area contributed by atoms with E-state index in [-0.39, 0.29) is 55.2 Å². The van der Waals surface area contributed by atoms with Gasteiger partial charge in [0.05, 0.1) is 91.4 Å². The van der Waals surface area contributed by atoms with Crippen molar-refractivity contribution in [3.05, 3.63) is 264 Å². The zero-order valence-electron chi connectivity index (χ0n) is 46.2. The summed E-state index contributed by atoms with van der Waals surface area (Å²) < 4.78 is 22.4. The molecule has 426 valence electrons. The number of halogens is 2. The normalized spacial score (nSPS) is 15.2. The Morgan fingerprint density at radius 2 is 1.13 bits per heavy atom. The summed E-state index contributed by atoms with van der Waals surface area (Å²) in [4.78, 5) is 53.5. The lowest BCUT2D eigenvalue weighted by molar-refractivity contribution is -0.136. The molecule has 2 aliphatic heterocycles. The van der Waals surface area contributed by atoms with Gasteiger partial charge in [0, 0.05) is 48.4 Å². The molecule has 0 spiro atoms. The van der Waals surface area contributed by atoms with Crippen LogP contribution in [0, 0.1) is 0 Å². The lowest BCUT2D eigenvalue weighted by atomic mass is 9.79. The van der Waals surface area contributed by atoms with E-state index in [4.69, 9.17) is 47.9 Å². The largest absolute Gasteiger partial charge is 0.478 e. The third-order valence-electron chi connectivity index (χ3n) is 13.7. The second kappa shape index (κ2) is 31.8. The van der Waals surface area contributed by atoms with Crippen LogP contribution >= 0.6 is 23.2 Å². The highest BCUT2D eigenvalue weighted by molar-refractivity contribution is 6.31. The summed E-state index contributed by atoms with van der Waals surface area (Å²) in [5.74, 6) is -3.93. The average molecular weight is 1150 g/mol. The predicted molar refractivity (Wildman–Crippen MR) is 322 cm³/mol. The van der Waals surface area contributed by atoms with Gasteiger partial charge in [-0.05, 0) is 77.4 Å². The fraction of sp³-hybridized carbons (Fsp3) is 0.242. The van der Waals surface area contributed by atoms with Gasteiger partial charge in [0.2, 0.25) is 11.8 Å². The van der Waals surface area contributed by atoms with Crippen LogP contribution in [-0.4, -0.2) is 95.7 Å². The predicted octanol–water partition coefficient (Wildman–Crippen LogP) is 10.4. The van der Waals surface area contributed by atoms with Crippen LogP contribution in [0.25, 0.3) is 6.08 Å². The number of esters is 1. The Morgan fingerprint density at radius 3 is 1.67 bits per heavy atom. The SMILES string of the molecule is CC1=C(C(=O)O)C(c2cccc(Cl)c2)C(C(=O)NC/C=C/c2ccccc2)=C(COCCc2ccccc2)N1.COCC1=C(C(=O)OC)C(c2cccc(Cl)c2)C(C(=O)NCCC(c2ccccc2)c2ccccc2)=C(COCCN)N1. The Hall–Kier alpha value is -8.08. The number of nitrogens with one attached hydrogen (secondary N) is 4. The van der Waals surface area contributed by atoms with Crippen LogP contribution in [-0.2, 0) is 44.5 Å². The van der Waals surface area contributed by atoms with Crippen molar-refractivity contribution in [2.45, 2.75) is 37.5 Å². The summed E-state index contributed by atoms with van der Waals surface area (Å²) in [5.41, 5.74) is 14.4. The van der Waals surface area contributed by atoms with Crippen molar-refractivity contribution in [1.82, 2.24) is 21.3 Å². The van der Waals surface area contributed by atoms with Crippen molar-refractivity contribution in [2.75, 3.05) is 66.9 Å². The van der Waals surface area contributed by atoms with Crippen LogP contribution < -0.4 is 27.0 Å². The van der Waals surface area contributed by atoms with Crippen molar-refractivity contribution < 1.29 is 43.2 Å². The number of methoxy groups -OCH3 is 2. The van der Waals surface area contributed by atoms with Crippen molar-refractivity contribution in [3.63, 3.8) is 0 Å². The summed E-state index contributed by atoms with van der Waals surface area (Å²) >= 11 is 12.7. The van der Waals surface area contributed by atoms with Crippen LogP contribution in [0.15, 0.2) is 221 Å². The molecule has 0 radical (unpaired) electrons. The first-order chi connectivity index (χ1) is 39.9. The standard InChI is InChI=1S/C34H38ClN3O5.C32H31ClN2O4/c1-41-21-28-32(34(40)42-2)30(25-14-9-15-26(35)20-25)31(29(38-28)22-43-19-17-36)33(39)37-18-16-27(23-10-5-3-6-11-23)24-12-7-4-8-13-24;1-22-28(32(37)38)29(25-15-8-16-26(33)20-25)30(31(36)34-18-9-14-23-10-4-2-5-11-23)27(35-22)21-39-19-17-24-12-6-3-7-13-24/h3-15,20,27,30,38H,16-19,21-22,36H2,1-2H3,(H,37,39);2-16,20,29,35H,17-19,21H2,1H3,(H,34,36)(H,37,38)/b;14-9+. The number of carbonyl (C=O) groups excluding carboxylic acids is 3. The summed E-state index contributed by atoms with van der Waals surface area (Å²) in [5, 5.41) is 23.5. The highest BCUT2D eigenvalue weighted by Gasteiger charge is 2.40. The molecule has 7 N–H and O–H groups in total. The Labute approximate surface area is 489 Å². The first-order valence-electron chi connectivity index (χ1n) is 26.9. The molecule has 0 fully saturated rings. The number of hydrogen-bond acceptors (Lipinski definition) is 11. The summed E-state index contributed by atoms with van der Waals surface area (Å²) in [6, 6.07) is 54.3. The Balaban J connectivity index is 0.000000237. The topological polar surface area (TPSA) is 200 Å². The van der Waals surface area contributed by atoms with Crippen molar-refractivity contribution in [2.24, 2.45) is 5.73 Å². The van der Waals surface area contributed by atoms with E-state index in [2.05, 4.69) is 45.5 Å². The second-order valence-electron chi connectivity index (χ2n) is 19.2. The molecular weight excluding hydrogens is 1080 g/mol. The molecule has 2 unspecified atom stereocenters. The Morgan fingerprint density at radius 1 is 0.622 bits per heavy atom. The van der Waals surface area contributed by atoms with Crippen LogP contribution in [0.2, 0.25) is 10.0 Å². The molecule has 0 aliphatic carbocycles. The maximum Gasteiger partial charge on any atom is 0.336 e. The van der Waals surface area contributed by atoms with Gasteiger partial charge in [-0.2, -0.15) is 0 Å². The first-order valence-corrected chi connectivity index (χ1v) is 27.7. The number of amides is 2. The zero-order valence-corrected chi connectivity index (χ0v) is 47.7. The quantitative estimate of drug-likeness (QED) is 0.0235. The molecule has 2 amide bonds. The zero-order chi connectivity index (χ0) is 58.2. The molecule has 14 nitrogen and oxygen atoms in total. The van der Waals surface area contributed by atoms with Crippen LogP contribution in [0.3, 0.4) is 0 Å². The molecule has 6 aromatic carbocycles. The van der Waals surface area contributed by atoms with Crippen molar-refractivity contribution in [1.29, 1.82) is 0 Å². The number of benzene rings is 6. The Kier molecular flexibility index (Phi) is 23.9. The summed E-state index contributed by atoms with van der Waals surface area (Å²) in [7, 11) is 2.84. The van der Waals surface area contributed by atoms with E-state index < -0.39 is 23.8 Å². The maximum atomic E-state index is 14.2. The minimum atomic E-state index is -1.11. The first kappa shape index (κ1) is 61.5. The molecule has 0 aromatic heterocycles. The second-order valence-corrected chi connectivity index (χ2v) is 20.1.